The molecule has 1 aliphatic rings. The number of ether oxygens (including phenoxy) is 1. The van der Waals surface area contributed by atoms with Crippen LogP contribution in [0, 0.1) is 0 Å². The minimum absolute atomic E-state index is 0.105. The maximum atomic E-state index is 9.91. The van der Waals surface area contributed by atoms with Crippen LogP contribution in [-0.2, 0) is 10.3 Å². The van der Waals surface area contributed by atoms with Gasteiger partial charge >= 0.3 is 0 Å². The number of aliphatic hydroxyl groups is 1. The van der Waals surface area contributed by atoms with Gasteiger partial charge in [0.15, 0.2) is 0 Å². The summed E-state index contributed by atoms with van der Waals surface area (Å²) in [6, 6.07) is 10.2. The summed E-state index contributed by atoms with van der Waals surface area (Å²) >= 11 is 0. The van der Waals surface area contributed by atoms with Gasteiger partial charge < -0.3 is 15.2 Å². The van der Waals surface area contributed by atoms with E-state index in [1.807, 2.05) is 25.2 Å². The minimum Gasteiger partial charge on any atom is -0.394 e. The highest BCUT2D eigenvalue weighted by molar-refractivity contribution is 5.24. The van der Waals surface area contributed by atoms with Crippen LogP contribution in [0.2, 0.25) is 0 Å². The van der Waals surface area contributed by atoms with Crippen molar-refractivity contribution in [3.8, 4) is 0 Å². The Morgan fingerprint density at radius 2 is 2.15 bits per heavy atom. The Morgan fingerprint density at radius 1 is 1.40 bits per heavy atom. The van der Waals surface area contributed by atoms with Gasteiger partial charge in [-0.15, -0.1) is 0 Å². The molecule has 4 heteroatoms. The summed E-state index contributed by atoms with van der Waals surface area (Å²) in [5.41, 5.74) is 0.786. The highest BCUT2D eigenvalue weighted by Gasteiger charge is 2.30. The van der Waals surface area contributed by atoms with Crippen LogP contribution >= 0.6 is 0 Å². The molecule has 20 heavy (non-hydrogen) atoms. The van der Waals surface area contributed by atoms with Gasteiger partial charge in [0, 0.05) is 19.6 Å². The molecule has 1 saturated heterocycles. The number of nitrogens with zero attached hydrogens (tertiary/aromatic N) is 1. The highest BCUT2D eigenvalue weighted by atomic mass is 16.5. The van der Waals surface area contributed by atoms with E-state index in [0.29, 0.717) is 6.10 Å². The van der Waals surface area contributed by atoms with Crippen molar-refractivity contribution >= 4 is 0 Å². The topological polar surface area (TPSA) is 44.7 Å². The van der Waals surface area contributed by atoms with Crippen LogP contribution in [0.3, 0.4) is 0 Å². The van der Waals surface area contributed by atoms with Gasteiger partial charge in [-0.1, -0.05) is 30.3 Å². The van der Waals surface area contributed by atoms with Crippen LogP contribution < -0.4 is 5.32 Å². The van der Waals surface area contributed by atoms with Crippen LogP contribution in [0.1, 0.15) is 18.9 Å². The molecule has 0 aromatic heterocycles. The normalized spacial score (nSPS) is 23.4. The lowest BCUT2D eigenvalue weighted by Gasteiger charge is -2.37. The van der Waals surface area contributed by atoms with Crippen LogP contribution in [0.4, 0.5) is 0 Å². The first-order chi connectivity index (χ1) is 9.70. The summed E-state index contributed by atoms with van der Waals surface area (Å²) in [6.45, 7) is 5.93. The Kier molecular flexibility index (Phi) is 5.54. The first kappa shape index (κ1) is 15.4. The van der Waals surface area contributed by atoms with E-state index in [1.54, 1.807) is 0 Å². The fraction of sp³-hybridized carbons (Fsp3) is 0.625. The second-order valence-corrected chi connectivity index (χ2v) is 5.59. The van der Waals surface area contributed by atoms with Gasteiger partial charge in [0.1, 0.15) is 0 Å². The van der Waals surface area contributed by atoms with Crippen LogP contribution in [0.25, 0.3) is 0 Å². The maximum Gasteiger partial charge on any atom is 0.0678 e. The van der Waals surface area contributed by atoms with Crippen LogP contribution in [-0.4, -0.2) is 56.0 Å². The molecule has 2 N–H and O–H groups in total. The molecule has 1 aromatic rings. The monoisotopic (exact) mass is 278 g/mol. The predicted molar refractivity (Wildman–Crippen MR) is 80.7 cm³/mol. The predicted octanol–water partition coefficient (Wildman–Crippen LogP) is 1.20. The van der Waals surface area contributed by atoms with Gasteiger partial charge in [-0.3, -0.25) is 4.90 Å². The number of aliphatic hydroxyl groups excluding tert-OH is 1. The van der Waals surface area contributed by atoms with Gasteiger partial charge in [-0.25, -0.2) is 0 Å². The molecule has 0 amide bonds. The van der Waals surface area contributed by atoms with Crippen molar-refractivity contribution in [1.82, 2.24) is 10.2 Å². The Balaban J connectivity index is 2.02. The quantitative estimate of drug-likeness (QED) is 0.821. The largest absolute Gasteiger partial charge is 0.394 e. The van der Waals surface area contributed by atoms with E-state index in [9.17, 15) is 5.11 Å². The number of morpholine rings is 1. The van der Waals surface area contributed by atoms with Crippen molar-refractivity contribution in [3.05, 3.63) is 35.9 Å². The molecular weight excluding hydrogens is 252 g/mol. The number of nitrogens with one attached hydrogen (secondary N) is 1. The lowest BCUT2D eigenvalue weighted by Crippen LogP contribution is -2.48. The van der Waals surface area contributed by atoms with Crippen molar-refractivity contribution < 1.29 is 9.84 Å². The number of benzene rings is 1. The Morgan fingerprint density at radius 3 is 2.75 bits per heavy atom. The smallest absolute Gasteiger partial charge is 0.0678 e. The van der Waals surface area contributed by atoms with Crippen molar-refractivity contribution in [3.63, 3.8) is 0 Å². The third-order valence-electron chi connectivity index (χ3n) is 4.25. The molecule has 0 saturated carbocycles. The van der Waals surface area contributed by atoms with Crippen molar-refractivity contribution in [1.29, 1.82) is 0 Å². The zero-order chi connectivity index (χ0) is 14.4. The first-order valence-corrected chi connectivity index (χ1v) is 7.39. The zero-order valence-electron chi connectivity index (χ0n) is 12.5. The molecule has 1 heterocycles. The van der Waals surface area contributed by atoms with E-state index in [4.69, 9.17) is 4.74 Å². The maximum absolute atomic E-state index is 9.91. The molecule has 2 rings (SSSR count). The van der Waals surface area contributed by atoms with Gasteiger partial charge in [0.2, 0.25) is 0 Å². The molecule has 0 spiro atoms. The average Bonchev–Trinajstić information content (AvgIpc) is 2.50. The first-order valence-electron chi connectivity index (χ1n) is 7.39. The average molecular weight is 278 g/mol. The van der Waals surface area contributed by atoms with Crippen molar-refractivity contribution in [2.45, 2.75) is 25.0 Å². The molecule has 1 aromatic carbocycles. The van der Waals surface area contributed by atoms with Gasteiger partial charge in [0.05, 0.1) is 24.9 Å². The third kappa shape index (κ3) is 3.58. The highest BCUT2D eigenvalue weighted by Crippen LogP contribution is 2.25. The Bertz CT molecular complexity index is 393. The summed E-state index contributed by atoms with van der Waals surface area (Å²) in [4.78, 5) is 2.42. The number of hydrogen-bond acceptors (Lipinski definition) is 4. The van der Waals surface area contributed by atoms with Gasteiger partial charge in [-0.2, -0.15) is 0 Å². The van der Waals surface area contributed by atoms with Crippen molar-refractivity contribution in [2.24, 2.45) is 0 Å². The molecule has 2 atom stereocenters. The molecule has 2 unspecified atom stereocenters. The molecular formula is C16H26N2O2. The summed E-state index contributed by atoms with van der Waals surface area (Å²) in [5.74, 6) is 0. The van der Waals surface area contributed by atoms with E-state index < -0.39 is 0 Å². The molecule has 112 valence electrons. The summed E-state index contributed by atoms with van der Waals surface area (Å²) in [6.07, 6.45) is 1.19. The molecule has 1 fully saturated rings. The van der Waals surface area contributed by atoms with E-state index in [2.05, 4.69) is 29.3 Å². The van der Waals surface area contributed by atoms with E-state index in [1.165, 1.54) is 0 Å². The molecule has 1 aliphatic heterocycles. The lowest BCUT2D eigenvalue weighted by atomic mass is 9.87. The summed E-state index contributed by atoms with van der Waals surface area (Å²) in [5, 5.41) is 13.2. The SMILES string of the molecule is CNC(CO)(CCN1CCOC(C)C1)c1ccccc1. The molecule has 4 nitrogen and oxygen atoms in total. The van der Waals surface area contributed by atoms with E-state index in [0.717, 1.165) is 38.2 Å². The summed E-state index contributed by atoms with van der Waals surface area (Å²) < 4.78 is 5.57. The molecule has 0 bridgehead atoms. The fourth-order valence-corrected chi connectivity index (χ4v) is 2.86. The van der Waals surface area contributed by atoms with Gasteiger partial charge in [0.25, 0.3) is 0 Å². The second-order valence-electron chi connectivity index (χ2n) is 5.59. The fourth-order valence-electron chi connectivity index (χ4n) is 2.86. The molecule has 0 aliphatic carbocycles. The van der Waals surface area contributed by atoms with Crippen LogP contribution in [0.15, 0.2) is 30.3 Å². The lowest BCUT2D eigenvalue weighted by molar-refractivity contribution is -0.0220. The van der Waals surface area contributed by atoms with Gasteiger partial charge in [-0.05, 0) is 26.0 Å². The van der Waals surface area contributed by atoms with Crippen LogP contribution in [0.5, 0.6) is 0 Å². The molecule has 0 radical (unpaired) electrons. The zero-order valence-corrected chi connectivity index (χ0v) is 12.5. The van der Waals surface area contributed by atoms with Crippen molar-refractivity contribution in [2.75, 3.05) is 39.9 Å². The third-order valence-corrected chi connectivity index (χ3v) is 4.25. The van der Waals surface area contributed by atoms with E-state index in [-0.39, 0.29) is 12.1 Å². The number of hydrogen-bond donors (Lipinski definition) is 2. The standard InChI is InChI=1S/C16H26N2O2/c1-14-12-18(10-11-20-14)9-8-16(13-19,17-2)15-6-4-3-5-7-15/h3-7,14,17,19H,8-13H2,1-2H3. The Labute approximate surface area is 121 Å². The minimum atomic E-state index is -0.358. The number of rotatable bonds is 6. The Hall–Kier alpha value is -0.940. The van der Waals surface area contributed by atoms with E-state index >= 15 is 0 Å². The summed E-state index contributed by atoms with van der Waals surface area (Å²) in [7, 11) is 1.92. The second kappa shape index (κ2) is 7.18. The number of likely N-dealkylation sites (N-methyl/N-ethyl adjacent to an activating group) is 1.